The van der Waals surface area contributed by atoms with E-state index in [1.54, 1.807) is 37.3 Å². The normalized spacial score (nSPS) is 10.2. The highest BCUT2D eigenvalue weighted by Crippen LogP contribution is 2.40. The Bertz CT molecular complexity index is 984. The van der Waals surface area contributed by atoms with Gasteiger partial charge in [-0.05, 0) is 25.1 Å². The summed E-state index contributed by atoms with van der Waals surface area (Å²) >= 11 is 0. The first-order chi connectivity index (χ1) is 14.0. The first-order valence-corrected chi connectivity index (χ1v) is 8.83. The quantitative estimate of drug-likeness (QED) is 0.629. The van der Waals surface area contributed by atoms with E-state index < -0.39 is 0 Å². The van der Waals surface area contributed by atoms with Crippen LogP contribution >= 0.6 is 0 Å². The molecule has 0 aliphatic heterocycles. The molecule has 2 N–H and O–H groups in total. The van der Waals surface area contributed by atoms with E-state index in [9.17, 15) is 4.79 Å². The van der Waals surface area contributed by atoms with Crippen molar-refractivity contribution in [2.45, 2.75) is 6.92 Å². The van der Waals surface area contributed by atoms with E-state index in [1.807, 2.05) is 18.2 Å². The van der Waals surface area contributed by atoms with Crippen LogP contribution in [0.3, 0.4) is 0 Å². The molecule has 0 saturated heterocycles. The molecule has 0 aliphatic rings. The van der Waals surface area contributed by atoms with Crippen LogP contribution in [0, 0.1) is 6.92 Å². The molecule has 2 aromatic carbocycles. The second-order valence-corrected chi connectivity index (χ2v) is 6.08. The summed E-state index contributed by atoms with van der Waals surface area (Å²) in [6.07, 6.45) is 0. The number of carbonyl (C=O) groups is 1. The number of hydrogen-bond donors (Lipinski definition) is 2. The summed E-state index contributed by atoms with van der Waals surface area (Å²) < 4.78 is 16.0. The molecule has 0 spiro atoms. The molecule has 0 atom stereocenters. The summed E-state index contributed by atoms with van der Waals surface area (Å²) in [4.78, 5) is 21.3. The second-order valence-electron chi connectivity index (χ2n) is 6.08. The van der Waals surface area contributed by atoms with Crippen LogP contribution < -0.4 is 24.8 Å². The molecule has 0 radical (unpaired) electrons. The summed E-state index contributed by atoms with van der Waals surface area (Å²) in [6.45, 7) is 1.79. The van der Waals surface area contributed by atoms with Crippen LogP contribution in [0.1, 0.15) is 16.2 Å². The van der Waals surface area contributed by atoms with Gasteiger partial charge in [-0.15, -0.1) is 0 Å². The average Bonchev–Trinajstić information content (AvgIpc) is 2.73. The molecule has 0 bridgehead atoms. The van der Waals surface area contributed by atoms with E-state index in [0.29, 0.717) is 34.3 Å². The molecule has 1 amide bonds. The number of rotatable bonds is 7. The number of aryl methyl sites for hydroxylation is 1. The molecule has 1 heterocycles. The van der Waals surface area contributed by atoms with E-state index in [0.717, 1.165) is 0 Å². The van der Waals surface area contributed by atoms with E-state index in [4.69, 9.17) is 14.2 Å². The van der Waals surface area contributed by atoms with E-state index in [1.165, 1.54) is 21.3 Å². The topological polar surface area (TPSA) is 94.6 Å². The predicted molar refractivity (Wildman–Crippen MR) is 111 cm³/mol. The average molecular weight is 394 g/mol. The lowest BCUT2D eigenvalue weighted by Crippen LogP contribution is -2.15. The Morgan fingerprint density at radius 3 is 2.10 bits per heavy atom. The molecule has 0 fully saturated rings. The number of hydrogen-bond acceptors (Lipinski definition) is 7. The van der Waals surface area contributed by atoms with Crippen LogP contribution in [0.15, 0.2) is 48.5 Å². The SMILES string of the molecule is COc1cc(Nc2nc(C)cc(C(=O)Nc3ccccc3)n2)cc(OC)c1OC. The maximum Gasteiger partial charge on any atom is 0.274 e. The zero-order valence-corrected chi connectivity index (χ0v) is 16.6. The van der Waals surface area contributed by atoms with Gasteiger partial charge >= 0.3 is 0 Å². The smallest absolute Gasteiger partial charge is 0.274 e. The van der Waals surface area contributed by atoms with Gasteiger partial charge in [-0.3, -0.25) is 4.79 Å². The zero-order chi connectivity index (χ0) is 20.8. The molecule has 3 aromatic rings. The van der Waals surface area contributed by atoms with Gasteiger partial charge in [-0.2, -0.15) is 0 Å². The molecule has 0 unspecified atom stereocenters. The molecule has 8 heteroatoms. The number of nitrogens with zero attached hydrogens (tertiary/aromatic N) is 2. The Morgan fingerprint density at radius 2 is 1.52 bits per heavy atom. The van der Waals surface area contributed by atoms with Crippen LogP contribution in [0.2, 0.25) is 0 Å². The summed E-state index contributed by atoms with van der Waals surface area (Å²) in [5, 5.41) is 5.90. The Labute approximate surface area is 168 Å². The number of nitrogens with one attached hydrogen (secondary N) is 2. The molecule has 1 aromatic heterocycles. The minimum atomic E-state index is -0.324. The lowest BCUT2D eigenvalue weighted by molar-refractivity contribution is 0.102. The van der Waals surface area contributed by atoms with Gasteiger partial charge in [0.15, 0.2) is 11.5 Å². The van der Waals surface area contributed by atoms with Crippen molar-refractivity contribution in [3.05, 3.63) is 59.9 Å². The maximum absolute atomic E-state index is 12.6. The number of anilines is 3. The van der Waals surface area contributed by atoms with Gasteiger partial charge in [-0.25, -0.2) is 9.97 Å². The lowest BCUT2D eigenvalue weighted by atomic mass is 10.2. The Balaban J connectivity index is 1.88. The number of ether oxygens (including phenoxy) is 3. The summed E-state index contributed by atoms with van der Waals surface area (Å²) in [7, 11) is 4.61. The number of aromatic nitrogens is 2. The van der Waals surface area contributed by atoms with Crippen molar-refractivity contribution in [3.8, 4) is 17.2 Å². The molecule has 150 valence electrons. The first kappa shape index (κ1) is 19.9. The maximum atomic E-state index is 12.6. The van der Waals surface area contributed by atoms with Gasteiger partial charge in [0.25, 0.3) is 5.91 Å². The molecule has 29 heavy (non-hydrogen) atoms. The van der Waals surface area contributed by atoms with E-state index in [2.05, 4.69) is 20.6 Å². The predicted octanol–water partition coefficient (Wildman–Crippen LogP) is 3.81. The highest BCUT2D eigenvalue weighted by atomic mass is 16.5. The second kappa shape index (κ2) is 8.92. The van der Waals surface area contributed by atoms with Crippen LogP contribution in [0.25, 0.3) is 0 Å². The van der Waals surface area contributed by atoms with Crippen LogP contribution in [0.4, 0.5) is 17.3 Å². The number of amides is 1. The highest BCUT2D eigenvalue weighted by Gasteiger charge is 2.15. The molecular formula is C21H22N4O4. The van der Waals surface area contributed by atoms with Gasteiger partial charge < -0.3 is 24.8 Å². The first-order valence-electron chi connectivity index (χ1n) is 8.83. The largest absolute Gasteiger partial charge is 0.493 e. The van der Waals surface area contributed by atoms with Crippen molar-refractivity contribution in [2.24, 2.45) is 0 Å². The van der Waals surface area contributed by atoms with Crippen molar-refractivity contribution in [2.75, 3.05) is 32.0 Å². The van der Waals surface area contributed by atoms with Crippen molar-refractivity contribution in [1.82, 2.24) is 9.97 Å². The Hall–Kier alpha value is -3.81. The number of benzene rings is 2. The molecule has 0 saturated carbocycles. The van der Waals surface area contributed by atoms with Crippen molar-refractivity contribution < 1.29 is 19.0 Å². The Kier molecular flexibility index (Phi) is 6.13. The number of para-hydroxylation sites is 1. The van der Waals surface area contributed by atoms with Crippen molar-refractivity contribution in [1.29, 1.82) is 0 Å². The van der Waals surface area contributed by atoms with Gasteiger partial charge in [0, 0.05) is 29.2 Å². The minimum absolute atomic E-state index is 0.247. The van der Waals surface area contributed by atoms with Crippen LogP contribution in [-0.2, 0) is 0 Å². The fourth-order valence-corrected chi connectivity index (χ4v) is 2.74. The van der Waals surface area contributed by atoms with E-state index >= 15 is 0 Å². The number of methoxy groups -OCH3 is 3. The molecule has 3 rings (SSSR count). The van der Waals surface area contributed by atoms with Gasteiger partial charge in [0.05, 0.1) is 21.3 Å². The monoisotopic (exact) mass is 394 g/mol. The number of carbonyl (C=O) groups excluding carboxylic acids is 1. The third-order valence-corrected chi connectivity index (χ3v) is 4.04. The highest BCUT2D eigenvalue weighted by molar-refractivity contribution is 6.03. The summed E-state index contributed by atoms with van der Waals surface area (Å²) in [5.41, 5.74) is 2.21. The minimum Gasteiger partial charge on any atom is -0.493 e. The lowest BCUT2D eigenvalue weighted by Gasteiger charge is -2.15. The van der Waals surface area contributed by atoms with Crippen molar-refractivity contribution in [3.63, 3.8) is 0 Å². The molecular weight excluding hydrogens is 372 g/mol. The fourth-order valence-electron chi connectivity index (χ4n) is 2.74. The third-order valence-electron chi connectivity index (χ3n) is 4.04. The zero-order valence-electron chi connectivity index (χ0n) is 16.6. The van der Waals surface area contributed by atoms with Gasteiger partial charge in [0.1, 0.15) is 5.69 Å². The standard InChI is InChI=1S/C21H22N4O4/c1-13-10-16(20(26)23-14-8-6-5-7-9-14)25-21(22-13)24-15-11-17(27-2)19(29-4)18(12-15)28-3/h5-12H,1-4H3,(H,23,26)(H,22,24,25). The molecule has 0 aliphatic carbocycles. The van der Waals surface area contributed by atoms with Crippen LogP contribution in [0.5, 0.6) is 17.2 Å². The van der Waals surface area contributed by atoms with Gasteiger partial charge in [-0.1, -0.05) is 18.2 Å². The summed E-state index contributed by atoms with van der Waals surface area (Å²) in [5.74, 6) is 1.41. The third kappa shape index (κ3) is 4.73. The van der Waals surface area contributed by atoms with Crippen LogP contribution in [-0.4, -0.2) is 37.2 Å². The molecule has 8 nitrogen and oxygen atoms in total. The summed E-state index contributed by atoms with van der Waals surface area (Å²) in [6, 6.07) is 14.3. The fraction of sp³-hybridized carbons (Fsp3) is 0.190. The van der Waals surface area contributed by atoms with Crippen molar-refractivity contribution >= 4 is 23.2 Å². The Morgan fingerprint density at radius 1 is 0.862 bits per heavy atom. The van der Waals surface area contributed by atoms with Gasteiger partial charge in [0.2, 0.25) is 11.7 Å². The van der Waals surface area contributed by atoms with E-state index in [-0.39, 0.29) is 17.5 Å².